The maximum absolute atomic E-state index is 13.0. The Morgan fingerprint density at radius 3 is 2.32 bits per heavy atom. The zero-order valence-corrected chi connectivity index (χ0v) is 19.8. The van der Waals surface area contributed by atoms with Crippen LogP contribution in [0.2, 0.25) is 0 Å². The van der Waals surface area contributed by atoms with Crippen LogP contribution >= 0.6 is 0 Å². The molecule has 0 saturated heterocycles. The lowest BCUT2D eigenvalue weighted by molar-refractivity contribution is 0.0474. The average molecular weight is 480 g/mol. The maximum Gasteiger partial charge on any atom is 0.338 e. The van der Waals surface area contributed by atoms with E-state index in [0.717, 1.165) is 23.6 Å². The van der Waals surface area contributed by atoms with Crippen LogP contribution in [0.25, 0.3) is 0 Å². The summed E-state index contributed by atoms with van der Waals surface area (Å²) in [6.45, 7) is -0.381. The predicted octanol–water partition coefficient (Wildman–Crippen LogP) is 4.05. The molecule has 0 amide bonds. The molecular weight excluding hydrogens is 454 g/mol. The van der Waals surface area contributed by atoms with Gasteiger partial charge in [0.2, 0.25) is 0 Å². The summed E-state index contributed by atoms with van der Waals surface area (Å²) >= 11 is 0. The Kier molecular flexibility index (Phi) is 6.70. The van der Waals surface area contributed by atoms with Crippen LogP contribution in [0.4, 0.5) is 5.69 Å². The van der Waals surface area contributed by atoms with E-state index < -0.39 is 16.0 Å². The molecule has 0 atom stereocenters. The van der Waals surface area contributed by atoms with Crippen LogP contribution in [-0.4, -0.2) is 40.9 Å². The van der Waals surface area contributed by atoms with Crippen LogP contribution < -0.4 is 9.04 Å². The van der Waals surface area contributed by atoms with Gasteiger partial charge in [-0.15, -0.1) is 0 Å². The van der Waals surface area contributed by atoms with E-state index in [1.54, 1.807) is 30.3 Å². The highest BCUT2D eigenvalue weighted by Crippen LogP contribution is 2.31. The molecule has 0 fully saturated rings. The molecule has 1 aliphatic carbocycles. The van der Waals surface area contributed by atoms with Crippen molar-refractivity contribution in [3.8, 4) is 5.75 Å². The molecule has 0 bridgehead atoms. The second-order valence-electron chi connectivity index (χ2n) is 8.01. The van der Waals surface area contributed by atoms with E-state index in [2.05, 4.69) is 0 Å². The number of carbonyl (C=O) groups is 2. The minimum atomic E-state index is -3.89. The minimum absolute atomic E-state index is 0.00618. The number of ether oxygens (including phenoxy) is 2. The molecule has 0 N–H and O–H groups in total. The number of nitrogens with zero attached hydrogens (tertiary/aromatic N) is 1. The molecule has 7 nitrogen and oxygen atoms in total. The largest absolute Gasteiger partial charge is 0.495 e. The van der Waals surface area contributed by atoms with Gasteiger partial charge in [-0.25, -0.2) is 13.2 Å². The molecule has 0 aromatic heterocycles. The van der Waals surface area contributed by atoms with E-state index >= 15 is 0 Å². The third-order valence-electron chi connectivity index (χ3n) is 5.93. The molecule has 0 unspecified atom stereocenters. The number of hydrogen-bond donors (Lipinski definition) is 0. The number of fused-ring (bicyclic) bond motifs is 1. The monoisotopic (exact) mass is 479 g/mol. The number of Topliss-reactive ketones (excluding diaryl/α,β-unsaturated/α-hetero) is 1. The summed E-state index contributed by atoms with van der Waals surface area (Å²) in [5.41, 5.74) is 3.50. The summed E-state index contributed by atoms with van der Waals surface area (Å²) in [6, 6.07) is 17.8. The summed E-state index contributed by atoms with van der Waals surface area (Å²) < 4.78 is 37.6. The van der Waals surface area contributed by atoms with Gasteiger partial charge in [-0.2, -0.15) is 0 Å². The van der Waals surface area contributed by atoms with Gasteiger partial charge in [0.1, 0.15) is 5.75 Å². The number of benzene rings is 3. The Balaban J connectivity index is 1.42. The number of methoxy groups -OCH3 is 1. The highest BCUT2D eigenvalue weighted by atomic mass is 32.2. The number of hydrogen-bond acceptors (Lipinski definition) is 6. The average Bonchev–Trinajstić information content (AvgIpc) is 3.34. The lowest BCUT2D eigenvalue weighted by atomic mass is 10.0. The van der Waals surface area contributed by atoms with Crippen LogP contribution in [0.5, 0.6) is 5.75 Å². The fourth-order valence-corrected chi connectivity index (χ4v) is 5.19. The summed E-state index contributed by atoms with van der Waals surface area (Å²) in [6.07, 6.45) is 3.07. The maximum atomic E-state index is 13.0. The van der Waals surface area contributed by atoms with Gasteiger partial charge in [-0.3, -0.25) is 9.10 Å². The van der Waals surface area contributed by atoms with Crippen molar-refractivity contribution in [3.05, 3.63) is 89.0 Å². The predicted molar refractivity (Wildman–Crippen MR) is 128 cm³/mol. The minimum Gasteiger partial charge on any atom is -0.495 e. The Bertz CT molecular complexity index is 1330. The molecule has 3 aromatic carbocycles. The fraction of sp³-hybridized carbons (Fsp3) is 0.231. The zero-order chi connectivity index (χ0) is 24.3. The van der Waals surface area contributed by atoms with Crippen LogP contribution in [0.15, 0.2) is 71.6 Å². The number of carbonyl (C=O) groups excluding carboxylic acids is 2. The Hall–Kier alpha value is -3.65. The highest BCUT2D eigenvalue weighted by molar-refractivity contribution is 7.92. The van der Waals surface area contributed by atoms with Crippen molar-refractivity contribution >= 4 is 27.5 Å². The van der Waals surface area contributed by atoms with Crippen molar-refractivity contribution in [1.82, 2.24) is 0 Å². The number of ketones is 1. The van der Waals surface area contributed by atoms with E-state index in [0.29, 0.717) is 17.0 Å². The first-order valence-electron chi connectivity index (χ1n) is 10.9. The van der Waals surface area contributed by atoms with E-state index in [-0.39, 0.29) is 22.8 Å². The third kappa shape index (κ3) is 4.68. The third-order valence-corrected chi connectivity index (χ3v) is 7.71. The van der Waals surface area contributed by atoms with Crippen molar-refractivity contribution in [2.45, 2.75) is 24.2 Å². The van der Waals surface area contributed by atoms with E-state index in [1.165, 1.54) is 49.5 Å². The quantitative estimate of drug-likeness (QED) is 0.358. The SMILES string of the molecule is COc1ccccc1N(C)S(=O)(=O)c1ccc(C(=O)OCC(=O)c2ccc3c(c2)CCC3)cc1. The number of esters is 1. The van der Waals surface area contributed by atoms with Crippen LogP contribution in [0.3, 0.4) is 0 Å². The summed E-state index contributed by atoms with van der Waals surface area (Å²) in [5, 5.41) is 0. The zero-order valence-electron chi connectivity index (χ0n) is 19.0. The first kappa shape index (κ1) is 23.5. The highest BCUT2D eigenvalue weighted by Gasteiger charge is 2.24. The van der Waals surface area contributed by atoms with Gasteiger partial charge in [0.15, 0.2) is 12.4 Å². The standard InChI is InChI=1S/C26H25NO6S/c1-27(23-8-3-4-9-25(23)32-2)34(30,31)22-14-12-19(13-15-22)26(29)33-17-24(28)21-11-10-18-6-5-7-20(18)16-21/h3-4,8-16H,5-7,17H2,1-2H3. The Morgan fingerprint density at radius 2 is 1.59 bits per heavy atom. The van der Waals surface area contributed by atoms with Gasteiger partial charge < -0.3 is 9.47 Å². The number of anilines is 1. The molecule has 0 aliphatic heterocycles. The van der Waals surface area contributed by atoms with Gasteiger partial charge >= 0.3 is 5.97 Å². The molecule has 4 rings (SSSR count). The molecule has 0 saturated carbocycles. The van der Waals surface area contributed by atoms with Crippen molar-refractivity contribution in [3.63, 3.8) is 0 Å². The topological polar surface area (TPSA) is 90.0 Å². The summed E-state index contributed by atoms with van der Waals surface area (Å²) in [7, 11) is -0.989. The number of aryl methyl sites for hydroxylation is 2. The number of rotatable bonds is 8. The lowest BCUT2D eigenvalue weighted by Gasteiger charge is -2.21. The van der Waals surface area contributed by atoms with Crippen LogP contribution in [-0.2, 0) is 27.6 Å². The molecular formula is C26H25NO6S. The molecule has 3 aromatic rings. The van der Waals surface area contributed by atoms with E-state index in [1.807, 2.05) is 12.1 Å². The van der Waals surface area contributed by atoms with Gasteiger partial charge in [0.25, 0.3) is 10.0 Å². The Morgan fingerprint density at radius 1 is 0.912 bits per heavy atom. The van der Waals surface area contributed by atoms with Crippen molar-refractivity contribution < 1.29 is 27.5 Å². The first-order chi connectivity index (χ1) is 16.3. The number of para-hydroxylation sites is 2. The van der Waals surface area contributed by atoms with E-state index in [9.17, 15) is 18.0 Å². The molecule has 176 valence electrons. The Labute approximate surface area is 199 Å². The molecule has 1 aliphatic rings. The molecule has 0 spiro atoms. The van der Waals surface area contributed by atoms with E-state index in [4.69, 9.17) is 9.47 Å². The van der Waals surface area contributed by atoms with Gasteiger partial charge in [-0.05, 0) is 72.9 Å². The smallest absolute Gasteiger partial charge is 0.338 e. The molecule has 0 radical (unpaired) electrons. The van der Waals surface area contributed by atoms with Crippen LogP contribution in [0.1, 0.15) is 38.3 Å². The summed E-state index contributed by atoms with van der Waals surface area (Å²) in [5.74, 6) is -0.556. The molecule has 0 heterocycles. The second kappa shape index (κ2) is 9.69. The van der Waals surface area contributed by atoms with Gasteiger partial charge in [-0.1, -0.05) is 24.3 Å². The van der Waals surface area contributed by atoms with Gasteiger partial charge in [0.05, 0.1) is 23.3 Å². The first-order valence-corrected chi connectivity index (χ1v) is 12.3. The van der Waals surface area contributed by atoms with Crippen molar-refractivity contribution in [2.24, 2.45) is 0 Å². The van der Waals surface area contributed by atoms with Crippen molar-refractivity contribution in [1.29, 1.82) is 0 Å². The van der Waals surface area contributed by atoms with Gasteiger partial charge in [0, 0.05) is 12.6 Å². The molecule has 34 heavy (non-hydrogen) atoms. The lowest BCUT2D eigenvalue weighted by Crippen LogP contribution is -2.27. The fourth-order valence-electron chi connectivity index (χ4n) is 3.98. The van der Waals surface area contributed by atoms with Crippen molar-refractivity contribution in [2.75, 3.05) is 25.1 Å². The molecule has 8 heteroatoms. The van der Waals surface area contributed by atoms with Crippen LogP contribution in [0, 0.1) is 0 Å². The normalized spacial score (nSPS) is 12.6. The number of sulfonamides is 1. The summed E-state index contributed by atoms with van der Waals surface area (Å²) in [4.78, 5) is 24.9. The second-order valence-corrected chi connectivity index (χ2v) is 9.97.